The van der Waals surface area contributed by atoms with Gasteiger partial charge < -0.3 is 5.73 Å². The number of aryl methyl sites for hydroxylation is 1. The molecule has 0 radical (unpaired) electrons. The predicted molar refractivity (Wildman–Crippen MR) is 74.1 cm³/mol. The largest absolute Gasteiger partial charge is 0.397 e. The van der Waals surface area contributed by atoms with E-state index < -0.39 is 0 Å². The predicted octanol–water partition coefficient (Wildman–Crippen LogP) is 3.19. The SMILES string of the molecule is Cc1ccnc(-c2cccc3ncccc23)c1N. The number of anilines is 1. The Bertz CT molecular complexity index is 715. The Kier molecular flexibility index (Phi) is 2.45. The van der Waals surface area contributed by atoms with E-state index in [2.05, 4.69) is 9.97 Å². The highest BCUT2D eigenvalue weighted by Crippen LogP contribution is 2.31. The smallest absolute Gasteiger partial charge is 0.0940 e. The summed E-state index contributed by atoms with van der Waals surface area (Å²) in [7, 11) is 0. The second-order valence-electron chi connectivity index (χ2n) is 4.27. The molecule has 0 bridgehead atoms. The average Bonchev–Trinajstić information content (AvgIpc) is 2.41. The highest BCUT2D eigenvalue weighted by molar-refractivity contribution is 5.96. The van der Waals surface area contributed by atoms with E-state index in [0.717, 1.165) is 33.4 Å². The number of pyridine rings is 2. The number of nitrogens with zero attached hydrogens (tertiary/aromatic N) is 2. The van der Waals surface area contributed by atoms with Crippen molar-refractivity contribution in [1.29, 1.82) is 0 Å². The Morgan fingerprint density at radius 2 is 1.83 bits per heavy atom. The number of rotatable bonds is 1. The van der Waals surface area contributed by atoms with Gasteiger partial charge in [0.1, 0.15) is 0 Å². The maximum atomic E-state index is 6.12. The van der Waals surface area contributed by atoms with Crippen LogP contribution in [0, 0.1) is 6.92 Å². The number of nitrogen functional groups attached to an aromatic ring is 1. The third-order valence-electron chi connectivity index (χ3n) is 3.11. The average molecular weight is 235 g/mol. The Morgan fingerprint density at radius 3 is 2.72 bits per heavy atom. The zero-order valence-electron chi connectivity index (χ0n) is 10.1. The molecule has 1 aromatic carbocycles. The van der Waals surface area contributed by atoms with Gasteiger partial charge in [-0.15, -0.1) is 0 Å². The molecule has 3 aromatic rings. The number of aromatic nitrogens is 2. The zero-order chi connectivity index (χ0) is 12.5. The molecule has 0 saturated carbocycles. The van der Waals surface area contributed by atoms with Gasteiger partial charge in [-0.25, -0.2) is 0 Å². The number of hydrogen-bond donors (Lipinski definition) is 1. The van der Waals surface area contributed by atoms with Gasteiger partial charge in [0.25, 0.3) is 0 Å². The van der Waals surface area contributed by atoms with Gasteiger partial charge in [-0.05, 0) is 30.7 Å². The van der Waals surface area contributed by atoms with Crippen LogP contribution in [0.5, 0.6) is 0 Å². The van der Waals surface area contributed by atoms with E-state index in [1.54, 1.807) is 12.4 Å². The molecular weight excluding hydrogens is 222 g/mol. The van der Waals surface area contributed by atoms with Crippen LogP contribution in [0.15, 0.2) is 48.8 Å². The fraction of sp³-hybridized carbons (Fsp3) is 0.0667. The van der Waals surface area contributed by atoms with Gasteiger partial charge in [-0.1, -0.05) is 18.2 Å². The third-order valence-corrected chi connectivity index (χ3v) is 3.11. The van der Waals surface area contributed by atoms with Gasteiger partial charge in [0.15, 0.2) is 0 Å². The molecule has 0 unspecified atom stereocenters. The Balaban J connectivity index is 2.35. The van der Waals surface area contributed by atoms with E-state index in [1.165, 1.54) is 0 Å². The first-order chi connectivity index (χ1) is 8.77. The van der Waals surface area contributed by atoms with Crippen molar-refractivity contribution in [3.05, 3.63) is 54.4 Å². The van der Waals surface area contributed by atoms with Crippen molar-refractivity contribution in [2.24, 2.45) is 0 Å². The summed E-state index contributed by atoms with van der Waals surface area (Å²) in [6.07, 6.45) is 3.58. The minimum Gasteiger partial charge on any atom is -0.397 e. The van der Waals surface area contributed by atoms with E-state index in [0.29, 0.717) is 0 Å². The van der Waals surface area contributed by atoms with E-state index >= 15 is 0 Å². The van der Waals surface area contributed by atoms with Crippen LogP contribution in [0.2, 0.25) is 0 Å². The molecule has 2 aromatic heterocycles. The van der Waals surface area contributed by atoms with Gasteiger partial charge in [0, 0.05) is 23.3 Å². The Hall–Kier alpha value is -2.42. The molecule has 2 N–H and O–H groups in total. The van der Waals surface area contributed by atoms with Crippen molar-refractivity contribution in [1.82, 2.24) is 9.97 Å². The molecule has 88 valence electrons. The van der Waals surface area contributed by atoms with Crippen LogP contribution in [0.3, 0.4) is 0 Å². The van der Waals surface area contributed by atoms with Crippen molar-refractivity contribution in [2.45, 2.75) is 6.92 Å². The monoisotopic (exact) mass is 235 g/mol. The lowest BCUT2D eigenvalue weighted by Gasteiger charge is -2.09. The summed E-state index contributed by atoms with van der Waals surface area (Å²) in [6, 6.07) is 11.9. The van der Waals surface area contributed by atoms with E-state index in [1.807, 2.05) is 43.3 Å². The molecule has 3 heteroatoms. The summed E-state index contributed by atoms with van der Waals surface area (Å²) in [4.78, 5) is 8.76. The molecule has 0 aliphatic rings. The summed E-state index contributed by atoms with van der Waals surface area (Å²) in [5.74, 6) is 0. The molecule has 0 spiro atoms. The first-order valence-electron chi connectivity index (χ1n) is 5.82. The Labute approximate surface area is 105 Å². The van der Waals surface area contributed by atoms with Crippen molar-refractivity contribution < 1.29 is 0 Å². The third kappa shape index (κ3) is 1.61. The van der Waals surface area contributed by atoms with Crippen LogP contribution in [0.4, 0.5) is 5.69 Å². The number of nitrogens with two attached hydrogens (primary N) is 1. The lowest BCUT2D eigenvalue weighted by molar-refractivity contribution is 1.29. The summed E-state index contributed by atoms with van der Waals surface area (Å²) in [5.41, 5.74) is 10.7. The first-order valence-corrected chi connectivity index (χ1v) is 5.82. The molecule has 2 heterocycles. The second kappa shape index (κ2) is 4.11. The molecule has 3 nitrogen and oxygen atoms in total. The van der Waals surface area contributed by atoms with Crippen molar-refractivity contribution >= 4 is 16.6 Å². The van der Waals surface area contributed by atoms with Crippen LogP contribution >= 0.6 is 0 Å². The maximum Gasteiger partial charge on any atom is 0.0940 e. The van der Waals surface area contributed by atoms with Crippen molar-refractivity contribution in [3.8, 4) is 11.3 Å². The lowest BCUT2D eigenvalue weighted by atomic mass is 10.0. The van der Waals surface area contributed by atoms with Crippen LogP contribution in [-0.4, -0.2) is 9.97 Å². The van der Waals surface area contributed by atoms with Gasteiger partial charge in [0.05, 0.1) is 16.9 Å². The van der Waals surface area contributed by atoms with Gasteiger partial charge in [-0.3, -0.25) is 9.97 Å². The number of benzene rings is 1. The standard InChI is InChI=1S/C15H13N3/c1-10-7-9-18-15(14(10)16)12-4-2-6-13-11(12)5-3-8-17-13/h2-9H,16H2,1H3. The minimum atomic E-state index is 0.730. The fourth-order valence-corrected chi connectivity index (χ4v) is 2.09. The van der Waals surface area contributed by atoms with Crippen LogP contribution in [-0.2, 0) is 0 Å². The highest BCUT2D eigenvalue weighted by atomic mass is 14.7. The molecule has 0 fully saturated rings. The minimum absolute atomic E-state index is 0.730. The number of hydrogen-bond acceptors (Lipinski definition) is 3. The van der Waals surface area contributed by atoms with Crippen LogP contribution < -0.4 is 5.73 Å². The lowest BCUT2D eigenvalue weighted by Crippen LogP contribution is -1.96. The Morgan fingerprint density at radius 1 is 0.944 bits per heavy atom. The molecule has 0 atom stereocenters. The highest BCUT2D eigenvalue weighted by Gasteiger charge is 2.09. The number of fused-ring (bicyclic) bond motifs is 1. The summed E-state index contributed by atoms with van der Waals surface area (Å²) >= 11 is 0. The van der Waals surface area contributed by atoms with Crippen LogP contribution in [0.1, 0.15) is 5.56 Å². The van der Waals surface area contributed by atoms with E-state index in [4.69, 9.17) is 5.73 Å². The van der Waals surface area contributed by atoms with E-state index in [9.17, 15) is 0 Å². The van der Waals surface area contributed by atoms with Gasteiger partial charge >= 0.3 is 0 Å². The first kappa shape index (κ1) is 10.7. The van der Waals surface area contributed by atoms with Crippen molar-refractivity contribution in [3.63, 3.8) is 0 Å². The van der Waals surface area contributed by atoms with E-state index in [-0.39, 0.29) is 0 Å². The normalized spacial score (nSPS) is 10.7. The molecule has 0 aliphatic carbocycles. The summed E-state index contributed by atoms with van der Waals surface area (Å²) in [5, 5.41) is 1.07. The molecule has 0 aliphatic heterocycles. The molecule has 0 amide bonds. The molecule has 0 saturated heterocycles. The zero-order valence-corrected chi connectivity index (χ0v) is 10.1. The van der Waals surface area contributed by atoms with Crippen molar-refractivity contribution in [2.75, 3.05) is 5.73 Å². The molecule has 18 heavy (non-hydrogen) atoms. The summed E-state index contributed by atoms with van der Waals surface area (Å²) in [6.45, 7) is 1.99. The fourth-order valence-electron chi connectivity index (χ4n) is 2.09. The topological polar surface area (TPSA) is 51.8 Å². The van der Waals surface area contributed by atoms with Gasteiger partial charge in [-0.2, -0.15) is 0 Å². The second-order valence-corrected chi connectivity index (χ2v) is 4.27. The molecule has 3 rings (SSSR count). The van der Waals surface area contributed by atoms with Crippen LogP contribution in [0.25, 0.3) is 22.2 Å². The maximum absolute atomic E-state index is 6.12. The van der Waals surface area contributed by atoms with Gasteiger partial charge in [0.2, 0.25) is 0 Å². The summed E-state index contributed by atoms with van der Waals surface area (Å²) < 4.78 is 0. The quantitative estimate of drug-likeness (QED) is 0.704. The molecular formula is C15H13N3.